The standard InChI is InChI=1S/C48H33N3/c1-4-14-36(15-5-1)50(37-16-6-2-7-17-37)39-27-24-33(25-28-39)35-31-42(48-44(32-35)40-20-10-12-22-45(40)49-48)34-26-29-47-43(30-34)41-21-11-13-23-46(41)51(47)38-18-8-3-9-19-38/h1-32,49H. The molecule has 0 saturated carbocycles. The lowest BCUT2D eigenvalue weighted by Crippen LogP contribution is -2.09. The van der Waals surface area contributed by atoms with Gasteiger partial charge >= 0.3 is 0 Å². The third-order valence-electron chi connectivity index (χ3n) is 10.1. The summed E-state index contributed by atoms with van der Waals surface area (Å²) < 4.78 is 2.37. The Kier molecular flexibility index (Phi) is 6.81. The Morgan fingerprint density at radius 1 is 0.373 bits per heavy atom. The number of hydrogen-bond acceptors (Lipinski definition) is 1. The lowest BCUT2D eigenvalue weighted by atomic mass is 9.94. The predicted octanol–water partition coefficient (Wildman–Crippen LogP) is 13.2. The van der Waals surface area contributed by atoms with Gasteiger partial charge in [-0.2, -0.15) is 0 Å². The van der Waals surface area contributed by atoms with Crippen LogP contribution >= 0.6 is 0 Å². The molecular weight excluding hydrogens is 619 g/mol. The molecule has 0 radical (unpaired) electrons. The summed E-state index contributed by atoms with van der Waals surface area (Å²) in [7, 11) is 0. The van der Waals surface area contributed by atoms with Gasteiger partial charge in [-0.1, -0.05) is 109 Å². The Labute approximate surface area is 296 Å². The summed E-state index contributed by atoms with van der Waals surface area (Å²) in [6.07, 6.45) is 0. The fourth-order valence-electron chi connectivity index (χ4n) is 7.75. The van der Waals surface area contributed by atoms with Gasteiger partial charge in [-0.3, -0.25) is 0 Å². The zero-order valence-corrected chi connectivity index (χ0v) is 27.9. The minimum absolute atomic E-state index is 1.12. The zero-order valence-electron chi connectivity index (χ0n) is 27.9. The first-order valence-corrected chi connectivity index (χ1v) is 17.4. The van der Waals surface area contributed by atoms with Crippen LogP contribution in [0, 0.1) is 0 Å². The number of fused-ring (bicyclic) bond motifs is 6. The van der Waals surface area contributed by atoms with E-state index in [0.717, 1.165) is 33.8 Å². The van der Waals surface area contributed by atoms with Gasteiger partial charge in [-0.05, 0) is 102 Å². The van der Waals surface area contributed by atoms with Gasteiger partial charge in [-0.15, -0.1) is 0 Å². The predicted molar refractivity (Wildman–Crippen MR) is 216 cm³/mol. The van der Waals surface area contributed by atoms with Crippen LogP contribution in [0.4, 0.5) is 17.1 Å². The maximum absolute atomic E-state index is 3.79. The van der Waals surface area contributed by atoms with Crippen LogP contribution in [0.15, 0.2) is 194 Å². The molecule has 10 rings (SSSR count). The van der Waals surface area contributed by atoms with Crippen molar-refractivity contribution in [2.45, 2.75) is 0 Å². The molecule has 0 atom stereocenters. The third-order valence-corrected chi connectivity index (χ3v) is 10.1. The van der Waals surface area contributed by atoms with Crippen LogP contribution < -0.4 is 4.90 Å². The number of benzene rings is 8. The summed E-state index contributed by atoms with van der Waals surface area (Å²) in [6.45, 7) is 0. The van der Waals surface area contributed by atoms with Gasteiger partial charge in [0.1, 0.15) is 0 Å². The summed E-state index contributed by atoms with van der Waals surface area (Å²) in [5.41, 5.74) is 14.0. The van der Waals surface area contributed by atoms with Gasteiger partial charge in [0.2, 0.25) is 0 Å². The van der Waals surface area contributed by atoms with E-state index in [1.807, 2.05) is 0 Å². The molecule has 0 amide bonds. The molecule has 0 bridgehead atoms. The number of nitrogens with zero attached hydrogens (tertiary/aromatic N) is 2. The van der Waals surface area contributed by atoms with Crippen molar-refractivity contribution in [1.82, 2.24) is 9.55 Å². The van der Waals surface area contributed by atoms with Crippen molar-refractivity contribution in [3.63, 3.8) is 0 Å². The molecule has 240 valence electrons. The molecule has 0 aliphatic carbocycles. The quantitative estimate of drug-likeness (QED) is 0.190. The van der Waals surface area contributed by atoms with E-state index in [-0.39, 0.29) is 0 Å². The van der Waals surface area contributed by atoms with Crippen LogP contribution in [0.2, 0.25) is 0 Å². The number of anilines is 3. The molecule has 0 aliphatic heterocycles. The van der Waals surface area contributed by atoms with E-state index in [1.54, 1.807) is 0 Å². The monoisotopic (exact) mass is 651 g/mol. The summed E-state index contributed by atoms with van der Waals surface area (Å²) >= 11 is 0. The highest BCUT2D eigenvalue weighted by atomic mass is 15.1. The van der Waals surface area contributed by atoms with E-state index in [9.17, 15) is 0 Å². The molecule has 2 heterocycles. The molecule has 1 N–H and O–H groups in total. The van der Waals surface area contributed by atoms with Crippen molar-refractivity contribution < 1.29 is 0 Å². The van der Waals surface area contributed by atoms with Gasteiger partial charge in [0.15, 0.2) is 0 Å². The molecule has 0 aliphatic rings. The van der Waals surface area contributed by atoms with Crippen molar-refractivity contribution >= 4 is 60.7 Å². The summed E-state index contributed by atoms with van der Waals surface area (Å²) in [5, 5.41) is 4.95. The minimum Gasteiger partial charge on any atom is -0.354 e. The summed E-state index contributed by atoms with van der Waals surface area (Å²) in [4.78, 5) is 6.09. The Morgan fingerprint density at radius 3 is 1.65 bits per heavy atom. The molecule has 10 aromatic rings. The first-order chi connectivity index (χ1) is 25.3. The Morgan fingerprint density at radius 2 is 0.922 bits per heavy atom. The average molecular weight is 652 g/mol. The van der Waals surface area contributed by atoms with Gasteiger partial charge in [-0.25, -0.2) is 0 Å². The normalized spacial score (nSPS) is 11.5. The third kappa shape index (κ3) is 4.90. The van der Waals surface area contributed by atoms with Gasteiger partial charge in [0, 0.05) is 55.4 Å². The van der Waals surface area contributed by atoms with Crippen molar-refractivity contribution in [2.75, 3.05) is 4.90 Å². The van der Waals surface area contributed by atoms with E-state index in [1.165, 1.54) is 54.8 Å². The van der Waals surface area contributed by atoms with Crippen LogP contribution in [-0.2, 0) is 0 Å². The second kappa shape index (κ2) is 11.9. The molecule has 0 spiro atoms. The average Bonchev–Trinajstić information content (AvgIpc) is 3.75. The molecule has 2 aromatic heterocycles. The second-order valence-electron chi connectivity index (χ2n) is 13.1. The lowest BCUT2D eigenvalue weighted by Gasteiger charge is -2.25. The van der Waals surface area contributed by atoms with E-state index in [4.69, 9.17) is 0 Å². The van der Waals surface area contributed by atoms with Crippen LogP contribution in [0.25, 0.3) is 71.6 Å². The van der Waals surface area contributed by atoms with Crippen LogP contribution in [0.1, 0.15) is 0 Å². The molecule has 0 unspecified atom stereocenters. The molecule has 8 aromatic carbocycles. The van der Waals surface area contributed by atoms with Crippen LogP contribution in [-0.4, -0.2) is 9.55 Å². The fraction of sp³-hybridized carbons (Fsp3) is 0. The molecule has 51 heavy (non-hydrogen) atoms. The highest BCUT2D eigenvalue weighted by Gasteiger charge is 2.18. The Balaban J connectivity index is 1.15. The van der Waals surface area contributed by atoms with Crippen LogP contribution in [0.5, 0.6) is 0 Å². The maximum Gasteiger partial charge on any atom is 0.0544 e. The zero-order chi connectivity index (χ0) is 33.7. The fourth-order valence-corrected chi connectivity index (χ4v) is 7.75. The van der Waals surface area contributed by atoms with Crippen LogP contribution in [0.3, 0.4) is 0 Å². The highest BCUT2D eigenvalue weighted by Crippen LogP contribution is 2.41. The number of aromatic amines is 1. The van der Waals surface area contributed by atoms with Crippen molar-refractivity contribution in [1.29, 1.82) is 0 Å². The smallest absolute Gasteiger partial charge is 0.0544 e. The SMILES string of the molecule is c1ccc(N(c2ccccc2)c2ccc(-c3cc(-c4ccc5c(c4)c4ccccc4n5-c4ccccc4)c4[nH]c5ccccc5c4c3)cc2)cc1. The Bertz CT molecular complexity index is 2790. The van der Waals surface area contributed by atoms with E-state index < -0.39 is 0 Å². The first-order valence-electron chi connectivity index (χ1n) is 17.4. The van der Waals surface area contributed by atoms with Gasteiger partial charge in [0.25, 0.3) is 0 Å². The maximum atomic E-state index is 3.79. The van der Waals surface area contributed by atoms with Crippen molar-refractivity contribution in [3.8, 4) is 27.9 Å². The number of nitrogens with one attached hydrogen (secondary N) is 1. The molecule has 0 saturated heterocycles. The van der Waals surface area contributed by atoms with Crippen molar-refractivity contribution in [2.24, 2.45) is 0 Å². The number of para-hydroxylation sites is 5. The highest BCUT2D eigenvalue weighted by molar-refractivity contribution is 6.15. The van der Waals surface area contributed by atoms with Gasteiger partial charge < -0.3 is 14.5 Å². The number of aromatic nitrogens is 2. The summed E-state index contributed by atoms with van der Waals surface area (Å²) in [6, 6.07) is 69.8. The van der Waals surface area contributed by atoms with Gasteiger partial charge in [0.05, 0.1) is 16.6 Å². The molecular formula is C48H33N3. The van der Waals surface area contributed by atoms with E-state index in [2.05, 4.69) is 209 Å². The van der Waals surface area contributed by atoms with Crippen molar-refractivity contribution in [3.05, 3.63) is 194 Å². The summed E-state index contributed by atoms with van der Waals surface area (Å²) in [5.74, 6) is 0. The number of hydrogen-bond donors (Lipinski definition) is 1. The number of H-pyrrole nitrogens is 1. The van der Waals surface area contributed by atoms with E-state index >= 15 is 0 Å². The Hall–Kier alpha value is -6.84. The topological polar surface area (TPSA) is 24.0 Å². The largest absolute Gasteiger partial charge is 0.354 e. The van der Waals surface area contributed by atoms with E-state index in [0.29, 0.717) is 0 Å². The molecule has 0 fully saturated rings. The molecule has 3 nitrogen and oxygen atoms in total. The number of rotatable bonds is 6. The second-order valence-corrected chi connectivity index (χ2v) is 13.1. The lowest BCUT2D eigenvalue weighted by molar-refractivity contribution is 1.18. The first kappa shape index (κ1) is 29.1. The molecule has 3 heteroatoms. The minimum atomic E-state index is 1.12.